The number of nitrogens with two attached hydrogens (primary N) is 1. The lowest BCUT2D eigenvalue weighted by atomic mass is 10.4. The van der Waals surface area contributed by atoms with E-state index < -0.39 is 0 Å². The molecule has 0 aliphatic heterocycles. The number of aliphatic imine (C=N–C) groups is 1. The average Bonchev–Trinajstić information content (AvgIpc) is 2.64. The molecule has 7 nitrogen and oxygen atoms in total. The number of H-pyrrole nitrogens is 1. The summed E-state index contributed by atoms with van der Waals surface area (Å²) < 4.78 is 0. The molecule has 0 unspecified atom stereocenters. The van der Waals surface area contributed by atoms with Crippen LogP contribution in [-0.2, 0) is 6.54 Å². The molecule has 1 aromatic heterocycles. The van der Waals surface area contributed by atoms with Crippen molar-refractivity contribution in [3.63, 3.8) is 0 Å². The molecule has 78 valence electrons. The van der Waals surface area contributed by atoms with Crippen LogP contribution in [0.4, 0.5) is 0 Å². The number of aromatic amines is 1. The molecule has 0 fully saturated rings. The maximum Gasteiger partial charge on any atom is 0.206 e. The van der Waals surface area contributed by atoms with Crippen LogP contribution in [0.1, 0.15) is 19.5 Å². The molecule has 0 saturated carbocycles. The summed E-state index contributed by atoms with van der Waals surface area (Å²) in [6.07, 6.45) is 1.62. The fraction of sp³-hybridized carbons (Fsp3) is 0.571. The lowest BCUT2D eigenvalue weighted by Gasteiger charge is -2.11. The van der Waals surface area contributed by atoms with Crippen molar-refractivity contribution >= 4 is 5.96 Å². The first-order valence-electron chi connectivity index (χ1n) is 4.34. The highest BCUT2D eigenvalue weighted by molar-refractivity contribution is 5.79. The van der Waals surface area contributed by atoms with Crippen molar-refractivity contribution in [3.8, 4) is 0 Å². The van der Waals surface area contributed by atoms with Gasteiger partial charge in [-0.2, -0.15) is 15.4 Å². The molecule has 14 heavy (non-hydrogen) atoms. The van der Waals surface area contributed by atoms with Crippen LogP contribution in [0.15, 0.2) is 11.2 Å². The number of hydrogen-bond donors (Lipinski definition) is 4. The van der Waals surface area contributed by atoms with Crippen LogP contribution in [0.2, 0.25) is 0 Å². The van der Waals surface area contributed by atoms with Gasteiger partial charge >= 0.3 is 0 Å². The number of guanidine groups is 1. The molecular weight excluding hydrogens is 182 g/mol. The number of aromatic nitrogens is 3. The van der Waals surface area contributed by atoms with E-state index in [4.69, 9.17) is 5.84 Å². The minimum atomic E-state index is 0.280. The van der Waals surface area contributed by atoms with Crippen molar-refractivity contribution in [1.82, 2.24) is 26.2 Å². The molecule has 7 heteroatoms. The van der Waals surface area contributed by atoms with Gasteiger partial charge in [0.1, 0.15) is 5.69 Å². The molecule has 0 saturated heterocycles. The first-order valence-corrected chi connectivity index (χ1v) is 4.34. The zero-order valence-corrected chi connectivity index (χ0v) is 8.28. The van der Waals surface area contributed by atoms with E-state index in [-0.39, 0.29) is 6.04 Å². The van der Waals surface area contributed by atoms with E-state index in [9.17, 15) is 0 Å². The second-order valence-electron chi connectivity index (χ2n) is 3.07. The molecule has 1 aromatic rings. The Bertz CT molecular complexity index is 276. The predicted octanol–water partition coefficient (Wildman–Crippen LogP) is -0.878. The molecule has 0 spiro atoms. The van der Waals surface area contributed by atoms with Crippen molar-refractivity contribution in [1.29, 1.82) is 0 Å². The highest BCUT2D eigenvalue weighted by Gasteiger charge is 1.99. The minimum absolute atomic E-state index is 0.280. The molecule has 0 radical (unpaired) electrons. The van der Waals surface area contributed by atoms with Gasteiger partial charge in [-0.15, -0.1) is 0 Å². The van der Waals surface area contributed by atoms with E-state index in [0.29, 0.717) is 12.5 Å². The summed E-state index contributed by atoms with van der Waals surface area (Å²) in [4.78, 5) is 4.17. The molecular formula is C7H15N7. The number of nitrogens with zero attached hydrogens (tertiary/aromatic N) is 3. The monoisotopic (exact) mass is 197 g/mol. The fourth-order valence-corrected chi connectivity index (χ4v) is 0.868. The Labute approximate surface area is 82.1 Å². The smallest absolute Gasteiger partial charge is 0.206 e. The third kappa shape index (κ3) is 3.40. The topological polar surface area (TPSA) is 104 Å². The SMILES string of the molecule is CC(C)NC(=NCc1cn[nH]n1)NN. The normalized spacial score (nSPS) is 11.9. The largest absolute Gasteiger partial charge is 0.353 e. The second kappa shape index (κ2) is 5.18. The molecule has 1 rings (SSSR count). The van der Waals surface area contributed by atoms with Crippen molar-refractivity contribution in [2.45, 2.75) is 26.4 Å². The Kier molecular flexibility index (Phi) is 3.86. The van der Waals surface area contributed by atoms with Crippen molar-refractivity contribution in [2.75, 3.05) is 0 Å². The van der Waals surface area contributed by atoms with Gasteiger partial charge < -0.3 is 5.32 Å². The summed E-state index contributed by atoms with van der Waals surface area (Å²) in [5.41, 5.74) is 3.24. The van der Waals surface area contributed by atoms with Gasteiger partial charge in [0, 0.05) is 6.04 Å². The maximum absolute atomic E-state index is 5.27. The van der Waals surface area contributed by atoms with E-state index in [1.165, 1.54) is 0 Å². The van der Waals surface area contributed by atoms with Gasteiger partial charge in [-0.25, -0.2) is 10.8 Å². The average molecular weight is 197 g/mol. The zero-order chi connectivity index (χ0) is 10.4. The predicted molar refractivity (Wildman–Crippen MR) is 53.1 cm³/mol. The van der Waals surface area contributed by atoms with Gasteiger partial charge in [0.15, 0.2) is 0 Å². The maximum atomic E-state index is 5.27. The van der Waals surface area contributed by atoms with Crippen molar-refractivity contribution in [2.24, 2.45) is 10.8 Å². The number of rotatable bonds is 3. The Morgan fingerprint density at radius 2 is 2.50 bits per heavy atom. The van der Waals surface area contributed by atoms with Crippen LogP contribution in [0, 0.1) is 0 Å². The van der Waals surface area contributed by atoms with Gasteiger partial charge in [0.05, 0.1) is 12.7 Å². The van der Waals surface area contributed by atoms with E-state index in [0.717, 1.165) is 5.69 Å². The molecule has 0 atom stereocenters. The van der Waals surface area contributed by atoms with Crippen LogP contribution in [0.25, 0.3) is 0 Å². The third-order valence-corrected chi connectivity index (χ3v) is 1.43. The van der Waals surface area contributed by atoms with Crippen LogP contribution in [-0.4, -0.2) is 27.4 Å². The molecule has 0 amide bonds. The molecule has 0 aliphatic rings. The van der Waals surface area contributed by atoms with Gasteiger partial charge in [-0.05, 0) is 13.8 Å². The van der Waals surface area contributed by atoms with Crippen LogP contribution < -0.4 is 16.6 Å². The van der Waals surface area contributed by atoms with Crippen LogP contribution in [0.3, 0.4) is 0 Å². The summed E-state index contributed by atoms with van der Waals surface area (Å²) in [6.45, 7) is 4.45. The highest BCUT2D eigenvalue weighted by Crippen LogP contribution is 1.91. The van der Waals surface area contributed by atoms with Crippen LogP contribution in [0.5, 0.6) is 0 Å². The standard InChI is InChI=1S/C7H15N7/c1-5(2)11-7(12-8)9-3-6-4-10-14-13-6/h4-5H,3,8H2,1-2H3,(H2,9,11,12)(H,10,13,14). The van der Waals surface area contributed by atoms with Gasteiger partial charge in [-0.3, -0.25) is 5.43 Å². The molecule has 0 aromatic carbocycles. The van der Waals surface area contributed by atoms with Crippen molar-refractivity contribution in [3.05, 3.63) is 11.9 Å². The van der Waals surface area contributed by atoms with E-state index in [2.05, 4.69) is 31.1 Å². The summed E-state index contributed by atoms with van der Waals surface area (Å²) in [6, 6.07) is 0.280. The third-order valence-electron chi connectivity index (χ3n) is 1.43. The minimum Gasteiger partial charge on any atom is -0.353 e. The zero-order valence-electron chi connectivity index (χ0n) is 8.28. The summed E-state index contributed by atoms with van der Waals surface area (Å²) in [7, 11) is 0. The lowest BCUT2D eigenvalue weighted by molar-refractivity contribution is 0.701. The van der Waals surface area contributed by atoms with E-state index in [1.54, 1.807) is 6.20 Å². The fourth-order valence-electron chi connectivity index (χ4n) is 0.868. The summed E-state index contributed by atoms with van der Waals surface area (Å²) >= 11 is 0. The van der Waals surface area contributed by atoms with E-state index in [1.807, 2.05) is 13.8 Å². The molecule has 1 heterocycles. The first kappa shape index (κ1) is 10.5. The molecule has 5 N–H and O–H groups in total. The Morgan fingerprint density at radius 3 is 3.00 bits per heavy atom. The summed E-state index contributed by atoms with van der Waals surface area (Å²) in [5.74, 6) is 5.82. The first-order chi connectivity index (χ1) is 6.72. The quantitative estimate of drug-likeness (QED) is 0.218. The van der Waals surface area contributed by atoms with Gasteiger partial charge in [0.2, 0.25) is 5.96 Å². The number of nitrogens with one attached hydrogen (secondary N) is 3. The number of hydrogen-bond acceptors (Lipinski definition) is 4. The van der Waals surface area contributed by atoms with Crippen LogP contribution >= 0.6 is 0 Å². The lowest BCUT2D eigenvalue weighted by Crippen LogP contribution is -2.44. The molecule has 0 bridgehead atoms. The van der Waals surface area contributed by atoms with Gasteiger partial charge in [0.25, 0.3) is 0 Å². The van der Waals surface area contributed by atoms with E-state index >= 15 is 0 Å². The highest BCUT2D eigenvalue weighted by atomic mass is 15.3. The Hall–Kier alpha value is -1.63. The van der Waals surface area contributed by atoms with Crippen molar-refractivity contribution < 1.29 is 0 Å². The Balaban J connectivity index is 2.48. The number of hydrazine groups is 1. The molecule has 0 aliphatic carbocycles. The summed E-state index contributed by atoms with van der Waals surface area (Å²) in [5, 5.41) is 13.1. The van der Waals surface area contributed by atoms with Gasteiger partial charge in [-0.1, -0.05) is 0 Å². The Morgan fingerprint density at radius 1 is 1.71 bits per heavy atom. The second-order valence-corrected chi connectivity index (χ2v) is 3.07.